The van der Waals surface area contributed by atoms with Crippen molar-refractivity contribution in [3.63, 3.8) is 0 Å². The van der Waals surface area contributed by atoms with E-state index < -0.39 is 0 Å². The highest BCUT2D eigenvalue weighted by molar-refractivity contribution is 6.30. The first-order valence-corrected chi connectivity index (χ1v) is 6.04. The molecule has 19 heavy (non-hydrogen) atoms. The van der Waals surface area contributed by atoms with Crippen LogP contribution in [0.1, 0.15) is 10.4 Å². The van der Waals surface area contributed by atoms with Crippen molar-refractivity contribution >= 4 is 17.9 Å². The van der Waals surface area contributed by atoms with Crippen molar-refractivity contribution in [1.29, 1.82) is 0 Å². The Morgan fingerprint density at radius 3 is 2.42 bits per heavy atom. The van der Waals surface area contributed by atoms with Crippen molar-refractivity contribution in [2.45, 2.75) is 0 Å². The number of ether oxygens (including phenoxy) is 2. The number of rotatable bonds is 4. The summed E-state index contributed by atoms with van der Waals surface area (Å²) in [6, 6.07) is 11.0. The molecule has 0 heterocycles. The third-order valence-electron chi connectivity index (χ3n) is 2.79. The van der Waals surface area contributed by atoms with E-state index in [1.54, 1.807) is 12.1 Å². The lowest BCUT2D eigenvalue weighted by molar-refractivity contribution is 0.112. The highest BCUT2D eigenvalue weighted by atomic mass is 35.5. The van der Waals surface area contributed by atoms with Crippen molar-refractivity contribution in [1.82, 2.24) is 0 Å². The number of halogens is 1. The summed E-state index contributed by atoms with van der Waals surface area (Å²) in [6.07, 6.45) is 0.745. The summed E-state index contributed by atoms with van der Waals surface area (Å²) in [7, 11) is 3.04. The van der Waals surface area contributed by atoms with Gasteiger partial charge in [0.1, 0.15) is 0 Å². The Bertz CT molecular complexity index is 608. The van der Waals surface area contributed by atoms with E-state index in [0.717, 1.165) is 17.4 Å². The number of benzene rings is 2. The van der Waals surface area contributed by atoms with Crippen LogP contribution >= 0.6 is 11.6 Å². The van der Waals surface area contributed by atoms with Crippen LogP contribution < -0.4 is 9.47 Å². The average molecular weight is 277 g/mol. The van der Waals surface area contributed by atoms with E-state index in [1.807, 2.05) is 24.3 Å². The van der Waals surface area contributed by atoms with Crippen LogP contribution in [-0.2, 0) is 0 Å². The molecular weight excluding hydrogens is 264 g/mol. The lowest BCUT2D eigenvalue weighted by Gasteiger charge is -2.12. The van der Waals surface area contributed by atoms with Crippen molar-refractivity contribution in [3.8, 4) is 22.6 Å². The SMILES string of the molecule is COc1cc(-c2cccc(Cl)c2)cc(C=O)c1OC. The van der Waals surface area contributed by atoms with E-state index >= 15 is 0 Å². The molecule has 0 aliphatic carbocycles. The maximum absolute atomic E-state index is 11.1. The summed E-state index contributed by atoms with van der Waals surface area (Å²) in [4.78, 5) is 11.1. The zero-order valence-corrected chi connectivity index (χ0v) is 11.4. The number of hydrogen-bond acceptors (Lipinski definition) is 3. The van der Waals surface area contributed by atoms with Crippen LogP contribution in [0.2, 0.25) is 5.02 Å². The Labute approximate surface area is 116 Å². The van der Waals surface area contributed by atoms with Crippen molar-refractivity contribution < 1.29 is 14.3 Å². The first-order chi connectivity index (χ1) is 9.19. The summed E-state index contributed by atoms with van der Waals surface area (Å²) in [5.74, 6) is 0.949. The molecule has 4 heteroatoms. The number of carbonyl (C=O) groups is 1. The van der Waals surface area contributed by atoms with Gasteiger partial charge in [-0.15, -0.1) is 0 Å². The standard InChI is InChI=1S/C15H13ClO3/c1-18-14-8-11(6-12(9-17)15(14)19-2)10-4-3-5-13(16)7-10/h3-9H,1-2H3. The minimum absolute atomic E-state index is 0.434. The monoisotopic (exact) mass is 276 g/mol. The van der Waals surface area contributed by atoms with Crippen molar-refractivity contribution in [2.24, 2.45) is 0 Å². The zero-order chi connectivity index (χ0) is 13.8. The van der Waals surface area contributed by atoms with E-state index in [1.165, 1.54) is 14.2 Å². The number of carbonyl (C=O) groups excluding carboxylic acids is 1. The predicted octanol–water partition coefficient (Wildman–Crippen LogP) is 3.84. The molecular formula is C15H13ClO3. The van der Waals surface area contributed by atoms with Crippen LogP contribution in [0.4, 0.5) is 0 Å². The van der Waals surface area contributed by atoms with Crippen LogP contribution in [0, 0.1) is 0 Å². The molecule has 2 rings (SSSR count). The molecule has 0 saturated heterocycles. The van der Waals surface area contributed by atoms with Crippen LogP contribution in [-0.4, -0.2) is 20.5 Å². The van der Waals surface area contributed by atoms with Gasteiger partial charge in [-0.2, -0.15) is 0 Å². The van der Waals surface area contributed by atoms with Gasteiger partial charge in [0.15, 0.2) is 17.8 Å². The van der Waals surface area contributed by atoms with E-state index in [2.05, 4.69) is 0 Å². The maximum Gasteiger partial charge on any atom is 0.171 e. The van der Waals surface area contributed by atoms with E-state index in [0.29, 0.717) is 22.1 Å². The first kappa shape index (κ1) is 13.4. The molecule has 0 atom stereocenters. The van der Waals surface area contributed by atoms with Crippen LogP contribution in [0.5, 0.6) is 11.5 Å². The topological polar surface area (TPSA) is 35.5 Å². The highest BCUT2D eigenvalue weighted by Crippen LogP contribution is 2.36. The summed E-state index contributed by atoms with van der Waals surface area (Å²) >= 11 is 5.98. The summed E-state index contributed by atoms with van der Waals surface area (Å²) < 4.78 is 10.4. The number of aldehydes is 1. The van der Waals surface area contributed by atoms with Crippen LogP contribution in [0.3, 0.4) is 0 Å². The third-order valence-corrected chi connectivity index (χ3v) is 3.03. The van der Waals surface area contributed by atoms with Gasteiger partial charge in [-0.05, 0) is 35.4 Å². The maximum atomic E-state index is 11.1. The molecule has 0 saturated carbocycles. The quantitative estimate of drug-likeness (QED) is 0.796. The fraction of sp³-hybridized carbons (Fsp3) is 0.133. The zero-order valence-electron chi connectivity index (χ0n) is 10.6. The van der Waals surface area contributed by atoms with E-state index in [9.17, 15) is 4.79 Å². The Hall–Kier alpha value is -2.00. The highest BCUT2D eigenvalue weighted by Gasteiger charge is 2.12. The van der Waals surface area contributed by atoms with Crippen LogP contribution in [0.15, 0.2) is 36.4 Å². The average Bonchev–Trinajstić information content (AvgIpc) is 2.45. The van der Waals surface area contributed by atoms with E-state index in [4.69, 9.17) is 21.1 Å². The summed E-state index contributed by atoms with van der Waals surface area (Å²) in [5.41, 5.74) is 2.20. The molecule has 0 aliphatic heterocycles. The molecule has 0 fully saturated rings. The molecule has 0 aliphatic rings. The Balaban J connectivity index is 2.62. The van der Waals surface area contributed by atoms with Gasteiger partial charge in [-0.1, -0.05) is 23.7 Å². The number of hydrogen-bond donors (Lipinski definition) is 0. The molecule has 0 unspecified atom stereocenters. The van der Waals surface area contributed by atoms with Gasteiger partial charge >= 0.3 is 0 Å². The van der Waals surface area contributed by atoms with Gasteiger partial charge in [0.25, 0.3) is 0 Å². The molecule has 0 aromatic heterocycles. The smallest absolute Gasteiger partial charge is 0.171 e. The second-order valence-corrected chi connectivity index (χ2v) is 4.37. The lowest BCUT2D eigenvalue weighted by atomic mass is 10.0. The summed E-state index contributed by atoms with van der Waals surface area (Å²) in [6.45, 7) is 0. The van der Waals surface area contributed by atoms with E-state index in [-0.39, 0.29) is 0 Å². The molecule has 98 valence electrons. The molecule has 2 aromatic rings. The second kappa shape index (κ2) is 5.76. The fourth-order valence-corrected chi connectivity index (χ4v) is 2.11. The van der Waals surface area contributed by atoms with Crippen molar-refractivity contribution in [2.75, 3.05) is 14.2 Å². The largest absolute Gasteiger partial charge is 0.493 e. The Morgan fingerprint density at radius 1 is 1.05 bits per heavy atom. The molecule has 0 spiro atoms. The van der Waals surface area contributed by atoms with Crippen molar-refractivity contribution in [3.05, 3.63) is 47.0 Å². The summed E-state index contributed by atoms with van der Waals surface area (Å²) in [5, 5.41) is 0.639. The van der Waals surface area contributed by atoms with Gasteiger partial charge in [-0.25, -0.2) is 0 Å². The van der Waals surface area contributed by atoms with Gasteiger partial charge in [0.05, 0.1) is 19.8 Å². The second-order valence-electron chi connectivity index (χ2n) is 3.93. The van der Waals surface area contributed by atoms with Gasteiger partial charge in [0.2, 0.25) is 0 Å². The first-order valence-electron chi connectivity index (χ1n) is 5.66. The Kier molecular flexibility index (Phi) is 4.07. The molecule has 2 aromatic carbocycles. The molecule has 0 N–H and O–H groups in total. The predicted molar refractivity (Wildman–Crippen MR) is 75.4 cm³/mol. The molecule has 3 nitrogen and oxygen atoms in total. The molecule has 0 radical (unpaired) electrons. The number of methoxy groups -OCH3 is 2. The minimum atomic E-state index is 0.434. The van der Waals surface area contributed by atoms with Gasteiger partial charge in [-0.3, -0.25) is 4.79 Å². The fourth-order valence-electron chi connectivity index (χ4n) is 1.92. The molecule has 0 amide bonds. The van der Waals surface area contributed by atoms with Crippen LogP contribution in [0.25, 0.3) is 11.1 Å². The lowest BCUT2D eigenvalue weighted by Crippen LogP contribution is -1.96. The minimum Gasteiger partial charge on any atom is -0.493 e. The van der Waals surface area contributed by atoms with Gasteiger partial charge in [0, 0.05) is 5.02 Å². The Morgan fingerprint density at radius 2 is 1.84 bits per heavy atom. The normalized spacial score (nSPS) is 10.1. The third kappa shape index (κ3) is 2.71. The molecule has 0 bridgehead atoms. The van der Waals surface area contributed by atoms with Gasteiger partial charge < -0.3 is 9.47 Å².